The number of amides is 1. The summed E-state index contributed by atoms with van der Waals surface area (Å²) in [7, 11) is 0. The van der Waals surface area contributed by atoms with Gasteiger partial charge in [-0.1, -0.05) is 28.1 Å². The Kier molecular flexibility index (Phi) is 4.29. The SMILES string of the molecule is Cc1cccc(NC(=O)COC(=O)[C@@H]2[C@H]3C[C@H]4[C@H](OC(=O)[C@@H]42)[C@@H]3Br)c1C. The van der Waals surface area contributed by atoms with Crippen LogP contribution in [-0.2, 0) is 23.9 Å². The van der Waals surface area contributed by atoms with Crippen molar-refractivity contribution in [3.63, 3.8) is 0 Å². The molecule has 138 valence electrons. The van der Waals surface area contributed by atoms with Crippen LogP contribution in [0, 0.1) is 37.5 Å². The first-order valence-electron chi connectivity index (χ1n) is 8.75. The number of nitrogens with one attached hydrogen (secondary N) is 1. The highest BCUT2D eigenvalue weighted by Gasteiger charge is 2.68. The summed E-state index contributed by atoms with van der Waals surface area (Å²) >= 11 is 3.56. The predicted octanol–water partition coefficient (Wildman–Crippen LogP) is 2.36. The quantitative estimate of drug-likeness (QED) is 0.595. The third kappa shape index (κ3) is 2.64. The van der Waals surface area contributed by atoms with Crippen LogP contribution in [0.25, 0.3) is 0 Å². The minimum absolute atomic E-state index is 0.0171. The third-order valence-electron chi connectivity index (χ3n) is 6.02. The van der Waals surface area contributed by atoms with Crippen LogP contribution in [-0.4, -0.2) is 35.4 Å². The number of carbonyl (C=O) groups excluding carboxylic acids is 3. The van der Waals surface area contributed by atoms with Gasteiger partial charge in [-0.3, -0.25) is 14.4 Å². The normalized spacial score (nSPS) is 33.9. The van der Waals surface area contributed by atoms with Crippen LogP contribution in [0.3, 0.4) is 0 Å². The predicted molar refractivity (Wildman–Crippen MR) is 96.7 cm³/mol. The molecule has 2 aliphatic carbocycles. The Morgan fingerprint density at radius 1 is 1.31 bits per heavy atom. The van der Waals surface area contributed by atoms with Crippen molar-refractivity contribution in [1.82, 2.24) is 0 Å². The average molecular weight is 422 g/mol. The molecular formula is C19H20BrNO5. The van der Waals surface area contributed by atoms with Crippen LogP contribution < -0.4 is 5.32 Å². The molecule has 1 aliphatic heterocycles. The molecule has 6 atom stereocenters. The Morgan fingerprint density at radius 2 is 2.08 bits per heavy atom. The molecule has 1 aromatic rings. The number of alkyl halides is 1. The maximum absolute atomic E-state index is 12.6. The molecule has 0 aromatic heterocycles. The number of hydrogen-bond acceptors (Lipinski definition) is 5. The third-order valence-corrected chi connectivity index (χ3v) is 7.22. The van der Waals surface area contributed by atoms with Crippen LogP contribution in [0.2, 0.25) is 0 Å². The summed E-state index contributed by atoms with van der Waals surface area (Å²) in [5.41, 5.74) is 2.75. The Balaban J connectivity index is 1.38. The number of aryl methyl sites for hydroxylation is 1. The first kappa shape index (κ1) is 17.5. The Labute approximate surface area is 159 Å². The lowest BCUT2D eigenvalue weighted by molar-refractivity contribution is -0.157. The molecular weight excluding hydrogens is 402 g/mol. The van der Waals surface area contributed by atoms with Gasteiger partial charge in [0.05, 0.1) is 16.7 Å². The van der Waals surface area contributed by atoms with Gasteiger partial charge in [-0.25, -0.2) is 0 Å². The highest BCUT2D eigenvalue weighted by atomic mass is 79.9. The van der Waals surface area contributed by atoms with Gasteiger partial charge in [0.25, 0.3) is 5.91 Å². The fourth-order valence-corrected chi connectivity index (χ4v) is 5.64. The molecule has 1 N–H and O–H groups in total. The Bertz CT molecular complexity index is 794. The molecule has 0 spiro atoms. The van der Waals surface area contributed by atoms with Gasteiger partial charge in [0.15, 0.2) is 6.61 Å². The molecule has 3 fully saturated rings. The van der Waals surface area contributed by atoms with E-state index in [1.807, 2.05) is 32.0 Å². The summed E-state index contributed by atoms with van der Waals surface area (Å²) in [5, 5.41) is 2.76. The number of benzene rings is 1. The van der Waals surface area contributed by atoms with Crippen molar-refractivity contribution < 1.29 is 23.9 Å². The second-order valence-corrected chi connectivity index (χ2v) is 8.42. The van der Waals surface area contributed by atoms with Crippen LogP contribution in [0.1, 0.15) is 17.5 Å². The van der Waals surface area contributed by atoms with E-state index < -0.39 is 23.7 Å². The smallest absolute Gasteiger partial charge is 0.310 e. The molecule has 6 nitrogen and oxygen atoms in total. The van der Waals surface area contributed by atoms with Crippen molar-refractivity contribution in [2.75, 3.05) is 11.9 Å². The molecule has 0 unspecified atom stereocenters. The van der Waals surface area contributed by atoms with E-state index in [2.05, 4.69) is 21.2 Å². The minimum atomic E-state index is -0.524. The van der Waals surface area contributed by atoms with Crippen molar-refractivity contribution in [3.05, 3.63) is 29.3 Å². The van der Waals surface area contributed by atoms with E-state index in [1.54, 1.807) is 0 Å². The summed E-state index contributed by atoms with van der Waals surface area (Å²) < 4.78 is 10.6. The van der Waals surface area contributed by atoms with Crippen molar-refractivity contribution in [2.24, 2.45) is 23.7 Å². The van der Waals surface area contributed by atoms with E-state index in [0.29, 0.717) is 5.69 Å². The maximum atomic E-state index is 12.6. The number of hydrogen-bond donors (Lipinski definition) is 1. The molecule has 4 rings (SSSR count). The van der Waals surface area contributed by atoms with E-state index in [9.17, 15) is 14.4 Å². The van der Waals surface area contributed by atoms with E-state index in [-0.39, 0.29) is 35.3 Å². The van der Waals surface area contributed by atoms with Gasteiger partial charge in [0.2, 0.25) is 0 Å². The molecule has 1 saturated heterocycles. The highest BCUT2D eigenvalue weighted by molar-refractivity contribution is 9.09. The van der Waals surface area contributed by atoms with Crippen LogP contribution in [0.5, 0.6) is 0 Å². The number of rotatable bonds is 4. The van der Waals surface area contributed by atoms with Crippen LogP contribution >= 0.6 is 15.9 Å². The summed E-state index contributed by atoms with van der Waals surface area (Å²) in [6.07, 6.45) is 0.653. The molecule has 2 saturated carbocycles. The standard InChI is InChI=1S/C19H20BrNO5/c1-8-4-3-5-12(9(8)2)21-13(22)7-25-18(23)14-10-6-11-15(14)19(24)26-17(11)16(10)20/h3-5,10-11,14-17H,6-7H2,1-2H3,(H,21,22)/t10-,11-,14-,15+,16-,17+/m1/s1. The number of esters is 2. The zero-order chi connectivity index (χ0) is 18.6. The van der Waals surface area contributed by atoms with Crippen molar-refractivity contribution in [2.45, 2.75) is 31.2 Å². The lowest BCUT2D eigenvalue weighted by Crippen LogP contribution is -2.39. The van der Waals surface area contributed by atoms with E-state index >= 15 is 0 Å². The van der Waals surface area contributed by atoms with Gasteiger partial charge >= 0.3 is 11.9 Å². The van der Waals surface area contributed by atoms with Gasteiger partial charge in [0, 0.05) is 11.6 Å². The van der Waals surface area contributed by atoms with Gasteiger partial charge in [0.1, 0.15) is 6.10 Å². The molecule has 1 heterocycles. The number of halogens is 1. The van der Waals surface area contributed by atoms with Crippen molar-refractivity contribution in [3.8, 4) is 0 Å². The maximum Gasteiger partial charge on any atom is 0.310 e. The van der Waals surface area contributed by atoms with Gasteiger partial charge in [-0.05, 0) is 43.4 Å². The number of fused-ring (bicyclic) bond motifs is 1. The van der Waals surface area contributed by atoms with Gasteiger partial charge < -0.3 is 14.8 Å². The topological polar surface area (TPSA) is 81.7 Å². The molecule has 0 radical (unpaired) electrons. The van der Waals surface area contributed by atoms with E-state index in [4.69, 9.17) is 9.47 Å². The van der Waals surface area contributed by atoms with Gasteiger partial charge in [-0.2, -0.15) is 0 Å². The fraction of sp³-hybridized carbons (Fsp3) is 0.526. The molecule has 26 heavy (non-hydrogen) atoms. The number of anilines is 1. The summed E-state index contributed by atoms with van der Waals surface area (Å²) in [4.78, 5) is 36.8. The molecule has 7 heteroatoms. The second kappa shape index (κ2) is 6.37. The zero-order valence-corrected chi connectivity index (χ0v) is 16.1. The minimum Gasteiger partial charge on any atom is -0.461 e. The van der Waals surface area contributed by atoms with Crippen LogP contribution in [0.15, 0.2) is 18.2 Å². The average Bonchev–Trinajstić information content (AvgIpc) is 3.21. The van der Waals surface area contributed by atoms with E-state index in [0.717, 1.165) is 17.5 Å². The lowest BCUT2D eigenvalue weighted by Gasteiger charge is -2.26. The van der Waals surface area contributed by atoms with Gasteiger partial charge in [-0.15, -0.1) is 0 Å². The zero-order valence-electron chi connectivity index (χ0n) is 14.5. The molecule has 1 amide bonds. The fourth-order valence-electron chi connectivity index (χ4n) is 4.60. The monoisotopic (exact) mass is 421 g/mol. The number of carbonyl (C=O) groups is 3. The first-order valence-corrected chi connectivity index (χ1v) is 9.67. The van der Waals surface area contributed by atoms with Crippen molar-refractivity contribution >= 4 is 39.5 Å². The first-order chi connectivity index (χ1) is 12.4. The van der Waals surface area contributed by atoms with Crippen molar-refractivity contribution in [1.29, 1.82) is 0 Å². The number of ether oxygens (including phenoxy) is 2. The molecule has 1 aromatic carbocycles. The largest absolute Gasteiger partial charge is 0.461 e. The summed E-state index contributed by atoms with van der Waals surface area (Å²) in [6, 6.07) is 5.63. The lowest BCUT2D eigenvalue weighted by atomic mass is 9.80. The Morgan fingerprint density at radius 3 is 2.85 bits per heavy atom. The highest BCUT2D eigenvalue weighted by Crippen LogP contribution is 2.60. The Hall–Kier alpha value is -1.89. The molecule has 2 bridgehead atoms. The van der Waals surface area contributed by atoms with E-state index in [1.165, 1.54) is 0 Å². The summed E-state index contributed by atoms with van der Waals surface area (Å²) in [6.45, 7) is 3.52. The second-order valence-electron chi connectivity index (χ2n) is 7.36. The molecule has 3 aliphatic rings. The van der Waals surface area contributed by atoms with Crippen LogP contribution in [0.4, 0.5) is 5.69 Å². The summed E-state index contributed by atoms with van der Waals surface area (Å²) in [5.74, 6) is -2.03.